The molecule has 0 bridgehead atoms. The average molecular weight is 270 g/mol. The Kier molecular flexibility index (Phi) is 3.32. The van der Waals surface area contributed by atoms with Crippen LogP contribution in [0.4, 0.5) is 0 Å². The lowest BCUT2D eigenvalue weighted by Gasteiger charge is -2.25. The summed E-state index contributed by atoms with van der Waals surface area (Å²) in [4.78, 5) is 0. The summed E-state index contributed by atoms with van der Waals surface area (Å²) in [7, 11) is 0. The van der Waals surface area contributed by atoms with Crippen molar-refractivity contribution in [1.29, 1.82) is 0 Å². The number of nitrogens with one attached hydrogen (secondary N) is 1. The lowest BCUT2D eigenvalue weighted by atomic mass is 9.87. The fraction of sp³-hybridized carbons (Fsp3) is 0.500. The molecule has 15 heavy (non-hydrogen) atoms. The molecule has 1 saturated heterocycles. The molecule has 3 heteroatoms. The molecule has 0 unspecified atom stereocenters. The lowest BCUT2D eigenvalue weighted by molar-refractivity contribution is 0.423. The molecule has 1 fully saturated rings. The van der Waals surface area contributed by atoms with Crippen molar-refractivity contribution in [3.05, 3.63) is 27.7 Å². The second-order valence-corrected chi connectivity index (χ2v) is 4.98. The second-order valence-electron chi connectivity index (χ2n) is 4.13. The number of piperidine rings is 1. The van der Waals surface area contributed by atoms with Gasteiger partial charge < -0.3 is 10.4 Å². The molecule has 2 rings (SSSR count). The summed E-state index contributed by atoms with van der Waals surface area (Å²) in [6.45, 7) is 4.17. The summed E-state index contributed by atoms with van der Waals surface area (Å²) in [5.41, 5.74) is 2.31. The molecule has 1 aliphatic heterocycles. The number of hydrogen-bond donors (Lipinski definition) is 2. The monoisotopic (exact) mass is 269 g/mol. The third-order valence-electron chi connectivity index (χ3n) is 3.17. The van der Waals surface area contributed by atoms with Gasteiger partial charge in [-0.15, -0.1) is 0 Å². The van der Waals surface area contributed by atoms with Gasteiger partial charge in [0.1, 0.15) is 5.75 Å². The van der Waals surface area contributed by atoms with E-state index in [4.69, 9.17) is 0 Å². The Morgan fingerprint density at radius 1 is 1.33 bits per heavy atom. The summed E-state index contributed by atoms with van der Waals surface area (Å²) < 4.78 is 1.09. The summed E-state index contributed by atoms with van der Waals surface area (Å²) in [5, 5.41) is 13.3. The van der Waals surface area contributed by atoms with E-state index in [1.165, 1.54) is 5.56 Å². The fourth-order valence-electron chi connectivity index (χ4n) is 2.31. The first-order valence-corrected chi connectivity index (χ1v) is 6.18. The summed E-state index contributed by atoms with van der Waals surface area (Å²) >= 11 is 3.52. The second kappa shape index (κ2) is 4.54. The number of benzene rings is 1. The Bertz CT molecular complexity index is 359. The van der Waals surface area contributed by atoms with E-state index in [2.05, 4.69) is 28.2 Å². The first-order chi connectivity index (χ1) is 7.20. The van der Waals surface area contributed by atoms with Crippen molar-refractivity contribution in [3.8, 4) is 5.75 Å². The molecule has 0 radical (unpaired) electrons. The van der Waals surface area contributed by atoms with E-state index in [0.717, 1.165) is 36.0 Å². The largest absolute Gasteiger partial charge is 0.508 e. The Balaban J connectivity index is 2.36. The standard InChI is InChI=1S/C12H16BrNO/c1-8-10(13)2-3-11(15)12(8)9-4-6-14-7-5-9/h2-3,9,14-15H,4-7H2,1H3. The van der Waals surface area contributed by atoms with Crippen LogP contribution in [0.5, 0.6) is 5.75 Å². The zero-order valence-electron chi connectivity index (χ0n) is 8.89. The van der Waals surface area contributed by atoms with Crippen LogP contribution in [0.15, 0.2) is 16.6 Å². The Hall–Kier alpha value is -0.540. The normalized spacial score (nSPS) is 18.0. The van der Waals surface area contributed by atoms with Gasteiger partial charge in [0.15, 0.2) is 0 Å². The highest BCUT2D eigenvalue weighted by Crippen LogP contribution is 2.37. The molecule has 0 aromatic heterocycles. The van der Waals surface area contributed by atoms with E-state index in [1.807, 2.05) is 6.07 Å². The molecule has 1 aromatic carbocycles. The quantitative estimate of drug-likeness (QED) is 0.822. The molecule has 0 spiro atoms. The first kappa shape index (κ1) is 11.0. The Labute approximate surface area is 98.8 Å². The molecule has 2 nitrogen and oxygen atoms in total. The van der Waals surface area contributed by atoms with Gasteiger partial charge in [0.25, 0.3) is 0 Å². The molecule has 2 N–H and O–H groups in total. The van der Waals surface area contributed by atoms with E-state index < -0.39 is 0 Å². The smallest absolute Gasteiger partial charge is 0.119 e. The van der Waals surface area contributed by atoms with E-state index in [-0.39, 0.29) is 0 Å². The summed E-state index contributed by atoms with van der Waals surface area (Å²) in [6.07, 6.45) is 2.23. The van der Waals surface area contributed by atoms with Crippen LogP contribution < -0.4 is 5.32 Å². The van der Waals surface area contributed by atoms with Crippen molar-refractivity contribution in [2.45, 2.75) is 25.7 Å². The number of rotatable bonds is 1. The highest BCUT2D eigenvalue weighted by molar-refractivity contribution is 9.10. The number of hydrogen-bond acceptors (Lipinski definition) is 2. The average Bonchev–Trinajstić information content (AvgIpc) is 2.26. The van der Waals surface area contributed by atoms with Crippen LogP contribution in [0.3, 0.4) is 0 Å². The fourth-order valence-corrected chi connectivity index (χ4v) is 2.66. The van der Waals surface area contributed by atoms with Gasteiger partial charge in [0.2, 0.25) is 0 Å². The molecule has 1 aromatic rings. The van der Waals surface area contributed by atoms with E-state index in [9.17, 15) is 5.11 Å². The van der Waals surface area contributed by atoms with Crippen LogP contribution in [0, 0.1) is 6.92 Å². The van der Waals surface area contributed by atoms with Crippen molar-refractivity contribution in [2.75, 3.05) is 13.1 Å². The topological polar surface area (TPSA) is 32.3 Å². The number of phenolic OH excluding ortho intramolecular Hbond substituents is 1. The van der Waals surface area contributed by atoms with Crippen LogP contribution in [0.1, 0.15) is 29.9 Å². The van der Waals surface area contributed by atoms with Crippen molar-refractivity contribution >= 4 is 15.9 Å². The molecule has 1 aliphatic rings. The summed E-state index contributed by atoms with van der Waals surface area (Å²) in [5.74, 6) is 0.950. The minimum absolute atomic E-state index is 0.447. The highest BCUT2D eigenvalue weighted by Gasteiger charge is 2.20. The summed E-state index contributed by atoms with van der Waals surface area (Å²) in [6, 6.07) is 3.70. The van der Waals surface area contributed by atoms with Crippen LogP contribution in [-0.2, 0) is 0 Å². The third kappa shape index (κ3) is 2.18. The number of aromatic hydroxyl groups is 1. The van der Waals surface area contributed by atoms with Crippen molar-refractivity contribution in [2.24, 2.45) is 0 Å². The van der Waals surface area contributed by atoms with Crippen LogP contribution in [0.2, 0.25) is 0 Å². The van der Waals surface area contributed by atoms with Gasteiger partial charge in [-0.05, 0) is 56.5 Å². The number of halogens is 1. The maximum absolute atomic E-state index is 9.93. The van der Waals surface area contributed by atoms with Gasteiger partial charge in [-0.1, -0.05) is 15.9 Å². The van der Waals surface area contributed by atoms with Crippen molar-refractivity contribution in [1.82, 2.24) is 5.32 Å². The zero-order valence-corrected chi connectivity index (χ0v) is 10.5. The predicted octanol–water partition coefficient (Wildman–Crippen LogP) is 2.93. The Morgan fingerprint density at radius 2 is 2.00 bits per heavy atom. The minimum Gasteiger partial charge on any atom is -0.508 e. The highest BCUT2D eigenvalue weighted by atomic mass is 79.9. The van der Waals surface area contributed by atoms with Crippen LogP contribution >= 0.6 is 15.9 Å². The SMILES string of the molecule is Cc1c(Br)ccc(O)c1C1CCNCC1. The van der Waals surface area contributed by atoms with Crippen molar-refractivity contribution in [3.63, 3.8) is 0 Å². The van der Waals surface area contributed by atoms with Gasteiger partial charge in [0.05, 0.1) is 0 Å². The molecule has 1 heterocycles. The Morgan fingerprint density at radius 3 is 2.67 bits per heavy atom. The van der Waals surface area contributed by atoms with Gasteiger partial charge in [0, 0.05) is 10.0 Å². The third-order valence-corrected chi connectivity index (χ3v) is 4.03. The lowest BCUT2D eigenvalue weighted by Crippen LogP contribution is -2.27. The van der Waals surface area contributed by atoms with E-state index in [1.54, 1.807) is 6.07 Å². The maximum atomic E-state index is 9.93. The molecule has 0 amide bonds. The predicted molar refractivity (Wildman–Crippen MR) is 65.4 cm³/mol. The molecule has 0 aliphatic carbocycles. The molecule has 0 saturated carbocycles. The first-order valence-electron chi connectivity index (χ1n) is 5.39. The molecular formula is C12H16BrNO. The maximum Gasteiger partial charge on any atom is 0.119 e. The molecule has 0 atom stereocenters. The van der Waals surface area contributed by atoms with Crippen LogP contribution in [0.25, 0.3) is 0 Å². The van der Waals surface area contributed by atoms with Crippen molar-refractivity contribution < 1.29 is 5.11 Å². The van der Waals surface area contributed by atoms with E-state index >= 15 is 0 Å². The van der Waals surface area contributed by atoms with Gasteiger partial charge >= 0.3 is 0 Å². The van der Waals surface area contributed by atoms with Gasteiger partial charge in [-0.3, -0.25) is 0 Å². The number of phenols is 1. The minimum atomic E-state index is 0.447. The van der Waals surface area contributed by atoms with Gasteiger partial charge in [-0.2, -0.15) is 0 Å². The van der Waals surface area contributed by atoms with E-state index in [0.29, 0.717) is 11.7 Å². The molecular weight excluding hydrogens is 254 g/mol. The van der Waals surface area contributed by atoms with Gasteiger partial charge in [-0.25, -0.2) is 0 Å². The molecule has 82 valence electrons. The zero-order chi connectivity index (χ0) is 10.8. The van der Waals surface area contributed by atoms with Crippen LogP contribution in [-0.4, -0.2) is 18.2 Å².